The van der Waals surface area contributed by atoms with Crippen molar-refractivity contribution in [3.63, 3.8) is 0 Å². The molecule has 0 heterocycles. The van der Waals surface area contributed by atoms with Crippen molar-refractivity contribution >= 4 is 15.9 Å². The molecule has 0 saturated carbocycles. The third-order valence-corrected chi connectivity index (χ3v) is 4.56. The monoisotopic (exact) mass is 348 g/mol. The summed E-state index contributed by atoms with van der Waals surface area (Å²) in [4.78, 5) is 0. The third-order valence-electron chi connectivity index (χ3n) is 4.03. The predicted molar refractivity (Wildman–Crippen MR) is 89.8 cm³/mol. The fraction of sp³-hybridized carbons (Fsp3) is 0.333. The fourth-order valence-electron chi connectivity index (χ4n) is 2.49. The van der Waals surface area contributed by atoms with E-state index < -0.39 is 0 Å². The Morgan fingerprint density at radius 1 is 1.05 bits per heavy atom. The van der Waals surface area contributed by atoms with Gasteiger partial charge in [-0.25, -0.2) is 0 Å². The van der Waals surface area contributed by atoms with Crippen LogP contribution in [0.15, 0.2) is 59.1 Å². The molecule has 0 fully saturated rings. The van der Waals surface area contributed by atoms with Crippen LogP contribution in [0.2, 0.25) is 0 Å². The first-order valence-corrected chi connectivity index (χ1v) is 8.04. The quantitative estimate of drug-likeness (QED) is 0.794. The Morgan fingerprint density at radius 2 is 1.71 bits per heavy atom. The zero-order valence-electron chi connectivity index (χ0n) is 12.3. The lowest BCUT2D eigenvalue weighted by atomic mass is 9.76. The van der Waals surface area contributed by atoms with E-state index in [-0.39, 0.29) is 12.0 Å². The van der Waals surface area contributed by atoms with Crippen LogP contribution in [0.3, 0.4) is 0 Å². The second kappa shape index (κ2) is 7.62. The van der Waals surface area contributed by atoms with Crippen molar-refractivity contribution in [3.05, 3.63) is 64.6 Å². The van der Waals surface area contributed by atoms with Gasteiger partial charge in [-0.3, -0.25) is 0 Å². The third kappa shape index (κ3) is 4.08. The van der Waals surface area contributed by atoms with Gasteiger partial charge in [0.25, 0.3) is 0 Å². The van der Waals surface area contributed by atoms with Gasteiger partial charge in [-0.2, -0.15) is 0 Å². The molecule has 2 aromatic carbocycles. The molecule has 1 atom stereocenters. The molecule has 0 aliphatic carbocycles. The molecule has 1 N–H and O–H groups in total. The van der Waals surface area contributed by atoms with Crippen molar-refractivity contribution in [2.24, 2.45) is 0 Å². The van der Waals surface area contributed by atoms with Gasteiger partial charge in [-0.05, 0) is 42.7 Å². The number of benzene rings is 2. The van der Waals surface area contributed by atoms with Gasteiger partial charge >= 0.3 is 0 Å². The minimum Gasteiger partial charge on any atom is -0.494 e. The van der Waals surface area contributed by atoms with E-state index in [9.17, 15) is 5.11 Å². The number of aliphatic hydroxyl groups excluding tert-OH is 1. The number of aliphatic hydroxyl groups is 1. The maximum atomic E-state index is 9.90. The molecule has 3 heteroatoms. The molecule has 112 valence electrons. The van der Waals surface area contributed by atoms with Crippen molar-refractivity contribution in [3.8, 4) is 5.75 Å². The van der Waals surface area contributed by atoms with Crippen LogP contribution >= 0.6 is 15.9 Å². The lowest BCUT2D eigenvalue weighted by Crippen LogP contribution is -2.32. The largest absolute Gasteiger partial charge is 0.494 e. The van der Waals surface area contributed by atoms with Gasteiger partial charge in [-0.1, -0.05) is 53.2 Å². The van der Waals surface area contributed by atoms with E-state index in [0.717, 1.165) is 23.1 Å². The molecule has 0 aliphatic rings. The molecule has 2 nitrogen and oxygen atoms in total. The maximum Gasteiger partial charge on any atom is 0.119 e. The Balaban J connectivity index is 2.02. The Morgan fingerprint density at radius 3 is 2.29 bits per heavy atom. The summed E-state index contributed by atoms with van der Waals surface area (Å²) in [5.74, 6) is 0.856. The van der Waals surface area contributed by atoms with Crippen LogP contribution in [0, 0.1) is 0 Å². The van der Waals surface area contributed by atoms with Crippen molar-refractivity contribution in [1.29, 1.82) is 0 Å². The zero-order valence-corrected chi connectivity index (χ0v) is 13.8. The van der Waals surface area contributed by atoms with Gasteiger partial charge in [-0.15, -0.1) is 0 Å². The highest BCUT2D eigenvalue weighted by Crippen LogP contribution is 2.31. The average molecular weight is 349 g/mol. The van der Waals surface area contributed by atoms with Crippen molar-refractivity contribution in [2.45, 2.75) is 25.2 Å². The van der Waals surface area contributed by atoms with Gasteiger partial charge in [0.2, 0.25) is 0 Å². The molecular formula is C18H21BrO2. The first kappa shape index (κ1) is 16.1. The van der Waals surface area contributed by atoms with Crippen LogP contribution < -0.4 is 4.74 Å². The second-order valence-corrected chi connectivity index (χ2v) is 6.13. The topological polar surface area (TPSA) is 29.5 Å². The van der Waals surface area contributed by atoms with Crippen molar-refractivity contribution in [1.82, 2.24) is 0 Å². The Labute approximate surface area is 134 Å². The first-order valence-electron chi connectivity index (χ1n) is 7.25. The van der Waals surface area contributed by atoms with Crippen molar-refractivity contribution < 1.29 is 9.84 Å². The van der Waals surface area contributed by atoms with Crippen LogP contribution in [0.1, 0.15) is 25.3 Å². The molecular weight excluding hydrogens is 328 g/mol. The number of hydrogen-bond acceptors (Lipinski definition) is 2. The summed E-state index contributed by atoms with van der Waals surface area (Å²) in [6.45, 7) is 2.84. The summed E-state index contributed by atoms with van der Waals surface area (Å²) in [5, 5.41) is 9.90. The normalized spacial score (nSPS) is 13.7. The molecule has 0 radical (unpaired) electrons. The molecule has 2 aromatic rings. The molecule has 0 bridgehead atoms. The van der Waals surface area contributed by atoms with Gasteiger partial charge in [0.05, 0.1) is 13.2 Å². The lowest BCUT2D eigenvalue weighted by Gasteiger charge is -2.31. The van der Waals surface area contributed by atoms with E-state index in [2.05, 4.69) is 35.0 Å². The number of halogens is 1. The first-order chi connectivity index (χ1) is 10.2. The average Bonchev–Trinajstić information content (AvgIpc) is 2.55. The van der Waals surface area contributed by atoms with Crippen LogP contribution in [-0.2, 0) is 5.41 Å². The van der Waals surface area contributed by atoms with Crippen LogP contribution in [0.5, 0.6) is 5.75 Å². The maximum absolute atomic E-state index is 9.90. The van der Waals surface area contributed by atoms with Gasteiger partial charge < -0.3 is 9.84 Å². The molecule has 1 unspecified atom stereocenters. The van der Waals surface area contributed by atoms with E-state index in [4.69, 9.17) is 4.74 Å². The molecule has 21 heavy (non-hydrogen) atoms. The minimum absolute atomic E-state index is 0.136. The van der Waals surface area contributed by atoms with Gasteiger partial charge in [0.15, 0.2) is 0 Å². The summed E-state index contributed by atoms with van der Waals surface area (Å²) < 4.78 is 6.85. The highest BCUT2D eigenvalue weighted by molar-refractivity contribution is 9.10. The molecule has 0 aliphatic heterocycles. The molecule has 0 saturated heterocycles. The summed E-state index contributed by atoms with van der Waals surface area (Å²) in [6.07, 6.45) is 1.68. The Hall–Kier alpha value is -1.32. The van der Waals surface area contributed by atoms with Crippen LogP contribution in [-0.4, -0.2) is 18.3 Å². The summed E-state index contributed by atoms with van der Waals surface area (Å²) >= 11 is 3.41. The van der Waals surface area contributed by atoms with Gasteiger partial charge in [0, 0.05) is 9.89 Å². The second-order valence-electron chi connectivity index (χ2n) is 5.21. The standard InChI is InChI=1S/C18H21BrO2/c1-2-18(14-20,15-6-4-3-5-7-15)12-13-21-17-10-8-16(19)9-11-17/h3-11,20H,2,12-14H2,1H3. The van der Waals surface area contributed by atoms with Crippen molar-refractivity contribution in [2.75, 3.05) is 13.2 Å². The SMILES string of the molecule is CCC(CO)(CCOc1ccc(Br)cc1)c1ccccc1. The molecule has 0 amide bonds. The number of ether oxygens (including phenoxy) is 1. The van der Waals surface area contributed by atoms with E-state index in [1.165, 1.54) is 5.56 Å². The molecule has 0 aromatic heterocycles. The van der Waals surface area contributed by atoms with E-state index in [0.29, 0.717) is 6.61 Å². The number of hydrogen-bond donors (Lipinski definition) is 1. The highest BCUT2D eigenvalue weighted by atomic mass is 79.9. The van der Waals surface area contributed by atoms with Crippen LogP contribution in [0.25, 0.3) is 0 Å². The van der Waals surface area contributed by atoms with E-state index >= 15 is 0 Å². The predicted octanol–water partition coefficient (Wildman–Crippen LogP) is 4.56. The summed E-state index contributed by atoms with van der Waals surface area (Å²) in [5.41, 5.74) is 0.950. The minimum atomic E-state index is -0.226. The van der Waals surface area contributed by atoms with E-state index in [1.807, 2.05) is 42.5 Å². The summed E-state index contributed by atoms with van der Waals surface area (Å²) in [7, 11) is 0. The Bertz CT molecular complexity index is 533. The molecule has 2 rings (SSSR count). The zero-order chi connectivity index (χ0) is 15.1. The van der Waals surface area contributed by atoms with Gasteiger partial charge in [0.1, 0.15) is 5.75 Å². The highest BCUT2D eigenvalue weighted by Gasteiger charge is 2.29. The van der Waals surface area contributed by atoms with E-state index in [1.54, 1.807) is 0 Å². The van der Waals surface area contributed by atoms with Crippen LogP contribution in [0.4, 0.5) is 0 Å². The Kier molecular flexibility index (Phi) is 5.83. The summed E-state index contributed by atoms with van der Waals surface area (Å²) in [6, 6.07) is 18.0. The lowest BCUT2D eigenvalue weighted by molar-refractivity contribution is 0.154. The molecule has 0 spiro atoms. The fourth-order valence-corrected chi connectivity index (χ4v) is 2.76. The smallest absolute Gasteiger partial charge is 0.119 e. The number of rotatable bonds is 7.